The topological polar surface area (TPSA) is 160 Å². The maximum atomic E-state index is 13.1. The van der Waals surface area contributed by atoms with Crippen LogP contribution < -0.4 is 20.1 Å². The summed E-state index contributed by atoms with van der Waals surface area (Å²) in [4.78, 5) is 50.9. The van der Waals surface area contributed by atoms with Crippen molar-refractivity contribution < 1.29 is 43.6 Å². The Balaban J connectivity index is 1.48. The Kier molecular flexibility index (Phi) is 9.43. The largest absolute Gasteiger partial charge is 0.507 e. The molecule has 1 heterocycles. The van der Waals surface area contributed by atoms with Crippen molar-refractivity contribution in [2.24, 2.45) is 0 Å². The van der Waals surface area contributed by atoms with Gasteiger partial charge < -0.3 is 35.1 Å². The molecule has 0 aromatic heterocycles. The average Bonchev–Trinajstić information content (AvgIpc) is 3.21. The number of aromatic hydroxyl groups is 2. The van der Waals surface area contributed by atoms with Gasteiger partial charge in [0, 0.05) is 23.2 Å². The standard InChI is InChI=1S/C31H32N2O9/c1-17(34)20-10-11-24(35)22(13-20)28(36)18-6-8-19(9-7-18)31(39)42-25-5-4-12-32-16-23(25)33-30(38)21-14-26(40-2)29(37)27(15-21)41-3/h6-11,13-15,23,25,32,35,37H,4-5,12,16H2,1-3H3,(H,33,38)/t23-,25-/m1/s1. The van der Waals surface area contributed by atoms with Crippen molar-refractivity contribution in [3.63, 3.8) is 0 Å². The number of carbonyl (C=O) groups excluding carboxylic acids is 4. The smallest absolute Gasteiger partial charge is 0.338 e. The molecular formula is C31H32N2O9. The van der Waals surface area contributed by atoms with Gasteiger partial charge in [0.25, 0.3) is 5.91 Å². The fraction of sp³-hybridized carbons (Fsp3) is 0.290. The van der Waals surface area contributed by atoms with Crippen LogP contribution in [0.5, 0.6) is 23.0 Å². The Bertz CT molecular complexity index is 1480. The summed E-state index contributed by atoms with van der Waals surface area (Å²) in [5.41, 5.74) is 0.872. The van der Waals surface area contributed by atoms with Gasteiger partial charge in [-0.05, 0) is 68.8 Å². The van der Waals surface area contributed by atoms with Crippen LogP contribution in [0.3, 0.4) is 0 Å². The number of Topliss-reactive ketones (excluding diaryl/α,β-unsaturated/α-hetero) is 1. The minimum Gasteiger partial charge on any atom is -0.507 e. The van der Waals surface area contributed by atoms with Gasteiger partial charge in [0.05, 0.1) is 31.4 Å². The van der Waals surface area contributed by atoms with E-state index in [9.17, 15) is 29.4 Å². The highest BCUT2D eigenvalue weighted by Gasteiger charge is 2.30. The number of benzene rings is 3. The van der Waals surface area contributed by atoms with Crippen LogP contribution in [-0.2, 0) is 4.74 Å². The van der Waals surface area contributed by atoms with Gasteiger partial charge in [0.1, 0.15) is 11.9 Å². The molecule has 3 aromatic rings. The molecule has 0 aliphatic carbocycles. The first-order valence-corrected chi connectivity index (χ1v) is 13.3. The van der Waals surface area contributed by atoms with Crippen molar-refractivity contribution in [3.8, 4) is 23.0 Å². The minimum atomic E-state index is -0.648. The number of rotatable bonds is 9. The summed E-state index contributed by atoms with van der Waals surface area (Å²) < 4.78 is 16.1. The normalized spacial score (nSPS) is 16.5. The molecule has 0 radical (unpaired) electrons. The predicted molar refractivity (Wildman–Crippen MR) is 152 cm³/mol. The number of amides is 1. The van der Waals surface area contributed by atoms with Crippen LogP contribution in [0.25, 0.3) is 0 Å². The van der Waals surface area contributed by atoms with Crippen LogP contribution in [0.1, 0.15) is 66.8 Å². The highest BCUT2D eigenvalue weighted by molar-refractivity contribution is 6.12. The van der Waals surface area contributed by atoms with E-state index >= 15 is 0 Å². The molecule has 0 unspecified atom stereocenters. The zero-order chi connectivity index (χ0) is 30.4. The molecule has 11 nitrogen and oxygen atoms in total. The number of hydrogen-bond donors (Lipinski definition) is 4. The van der Waals surface area contributed by atoms with Crippen molar-refractivity contribution in [3.05, 3.63) is 82.4 Å². The lowest BCUT2D eigenvalue weighted by Crippen LogP contribution is -2.49. The summed E-state index contributed by atoms with van der Waals surface area (Å²) in [5, 5.41) is 26.4. The van der Waals surface area contributed by atoms with Gasteiger partial charge in [-0.2, -0.15) is 0 Å². The van der Waals surface area contributed by atoms with E-state index in [1.807, 2.05) is 0 Å². The Morgan fingerprint density at radius 2 is 1.48 bits per heavy atom. The highest BCUT2D eigenvalue weighted by atomic mass is 16.5. The lowest BCUT2D eigenvalue weighted by atomic mass is 9.98. The Morgan fingerprint density at radius 1 is 0.857 bits per heavy atom. The van der Waals surface area contributed by atoms with Gasteiger partial charge in [-0.15, -0.1) is 0 Å². The minimum absolute atomic E-state index is 0.0218. The van der Waals surface area contributed by atoms with E-state index in [4.69, 9.17) is 14.2 Å². The summed E-state index contributed by atoms with van der Waals surface area (Å²) in [6.45, 7) is 2.39. The van der Waals surface area contributed by atoms with Gasteiger partial charge in [0.2, 0.25) is 5.75 Å². The number of nitrogens with one attached hydrogen (secondary N) is 2. The summed E-state index contributed by atoms with van der Waals surface area (Å²) in [6, 6.07) is 12.0. The van der Waals surface area contributed by atoms with Crippen molar-refractivity contribution >= 4 is 23.4 Å². The molecule has 4 rings (SSSR count). The average molecular weight is 577 g/mol. The van der Waals surface area contributed by atoms with Crippen molar-refractivity contribution in [1.29, 1.82) is 0 Å². The summed E-state index contributed by atoms with van der Waals surface area (Å²) in [7, 11) is 2.72. The van der Waals surface area contributed by atoms with Gasteiger partial charge in [-0.25, -0.2) is 4.79 Å². The molecule has 0 spiro atoms. The maximum Gasteiger partial charge on any atom is 0.338 e. The maximum absolute atomic E-state index is 13.1. The molecule has 0 saturated carbocycles. The van der Waals surface area contributed by atoms with Crippen LogP contribution in [0.4, 0.5) is 0 Å². The second-order valence-electron chi connectivity index (χ2n) is 9.79. The van der Waals surface area contributed by atoms with Crippen LogP contribution in [-0.4, -0.2) is 73.1 Å². The number of ether oxygens (including phenoxy) is 3. The molecule has 2 atom stereocenters. The van der Waals surface area contributed by atoms with E-state index < -0.39 is 29.8 Å². The second-order valence-corrected chi connectivity index (χ2v) is 9.79. The molecular weight excluding hydrogens is 544 g/mol. The van der Waals surface area contributed by atoms with Gasteiger partial charge in [-0.1, -0.05) is 12.1 Å². The fourth-order valence-electron chi connectivity index (χ4n) is 4.64. The number of phenols is 2. The molecule has 1 aliphatic rings. The van der Waals surface area contributed by atoms with Gasteiger partial charge >= 0.3 is 5.97 Å². The SMILES string of the molecule is COc1cc(C(=O)N[C@@H]2CNCCC[C@H]2OC(=O)c2ccc(C(=O)c3cc(C(C)=O)ccc3O)cc2)cc(OC)c1O. The number of phenolic OH excluding ortho intramolecular Hbond substituents is 2. The zero-order valence-electron chi connectivity index (χ0n) is 23.4. The van der Waals surface area contributed by atoms with E-state index in [-0.39, 0.29) is 51.0 Å². The lowest BCUT2D eigenvalue weighted by Gasteiger charge is -2.26. The van der Waals surface area contributed by atoms with Crippen LogP contribution in [0, 0.1) is 0 Å². The van der Waals surface area contributed by atoms with E-state index in [1.165, 1.54) is 75.7 Å². The lowest BCUT2D eigenvalue weighted by molar-refractivity contribution is 0.0192. The molecule has 220 valence electrons. The van der Waals surface area contributed by atoms with E-state index in [0.717, 1.165) is 0 Å². The van der Waals surface area contributed by atoms with E-state index in [2.05, 4.69) is 10.6 Å². The van der Waals surface area contributed by atoms with Crippen molar-refractivity contribution in [1.82, 2.24) is 10.6 Å². The van der Waals surface area contributed by atoms with E-state index in [0.29, 0.717) is 31.5 Å². The fourth-order valence-corrected chi connectivity index (χ4v) is 4.64. The number of carbonyl (C=O) groups is 4. The molecule has 4 N–H and O–H groups in total. The quantitative estimate of drug-likeness (QED) is 0.220. The first kappa shape index (κ1) is 30.1. The van der Waals surface area contributed by atoms with Crippen LogP contribution >= 0.6 is 0 Å². The monoisotopic (exact) mass is 576 g/mol. The summed E-state index contributed by atoms with van der Waals surface area (Å²) in [5.74, 6) is -2.18. The van der Waals surface area contributed by atoms with Crippen molar-refractivity contribution in [2.75, 3.05) is 27.3 Å². The molecule has 1 amide bonds. The number of ketones is 2. The van der Waals surface area contributed by atoms with E-state index in [1.54, 1.807) is 0 Å². The molecule has 42 heavy (non-hydrogen) atoms. The molecule has 0 bridgehead atoms. The first-order chi connectivity index (χ1) is 20.1. The summed E-state index contributed by atoms with van der Waals surface area (Å²) in [6.07, 6.45) is 0.556. The number of esters is 1. The predicted octanol–water partition coefficient (Wildman–Crippen LogP) is 3.26. The highest BCUT2D eigenvalue weighted by Crippen LogP contribution is 2.37. The third-order valence-electron chi connectivity index (χ3n) is 7.00. The Morgan fingerprint density at radius 3 is 2.10 bits per heavy atom. The van der Waals surface area contributed by atoms with Crippen LogP contribution in [0.2, 0.25) is 0 Å². The molecule has 1 saturated heterocycles. The molecule has 1 fully saturated rings. The Hall–Kier alpha value is -4.90. The van der Waals surface area contributed by atoms with Crippen molar-refractivity contribution in [2.45, 2.75) is 31.9 Å². The number of hydrogen-bond acceptors (Lipinski definition) is 10. The Labute approximate surface area is 242 Å². The molecule has 3 aromatic carbocycles. The van der Waals surface area contributed by atoms with Crippen LogP contribution in [0.15, 0.2) is 54.6 Å². The summed E-state index contributed by atoms with van der Waals surface area (Å²) >= 11 is 0. The van der Waals surface area contributed by atoms with Gasteiger partial charge in [-0.3, -0.25) is 14.4 Å². The first-order valence-electron chi connectivity index (χ1n) is 13.3. The van der Waals surface area contributed by atoms with Gasteiger partial charge in [0.15, 0.2) is 23.1 Å². The second kappa shape index (κ2) is 13.2. The third kappa shape index (κ3) is 6.69. The third-order valence-corrected chi connectivity index (χ3v) is 7.00. The number of methoxy groups -OCH3 is 2. The molecule has 1 aliphatic heterocycles. The zero-order valence-corrected chi connectivity index (χ0v) is 23.4. The molecule has 11 heteroatoms.